The molecule has 7 nitrogen and oxygen atoms in total. The number of amides is 1. The third-order valence-electron chi connectivity index (χ3n) is 5.59. The van der Waals surface area contributed by atoms with E-state index in [-0.39, 0.29) is 11.9 Å². The van der Waals surface area contributed by atoms with Gasteiger partial charge in [0.05, 0.1) is 5.56 Å². The first-order valence-electron chi connectivity index (χ1n) is 9.56. The fourth-order valence-electron chi connectivity index (χ4n) is 4.07. The number of fused-ring (bicyclic) bond motifs is 5. The van der Waals surface area contributed by atoms with E-state index in [1.54, 1.807) is 0 Å². The molecule has 3 saturated heterocycles. The number of anilines is 1. The highest BCUT2D eigenvalue weighted by molar-refractivity contribution is 6.04. The monoisotopic (exact) mass is 357 g/mol. The molecule has 1 atom stereocenters. The Balaban J connectivity index is 1.50. The van der Waals surface area contributed by atoms with Gasteiger partial charge in [0.1, 0.15) is 5.52 Å². The third kappa shape index (κ3) is 3.54. The largest absolute Gasteiger partial charge is 0.424 e. The van der Waals surface area contributed by atoms with Crippen molar-refractivity contribution in [2.24, 2.45) is 5.92 Å². The number of rotatable bonds is 6. The summed E-state index contributed by atoms with van der Waals surface area (Å²) >= 11 is 0. The number of nitrogens with one attached hydrogen (secondary N) is 3. The van der Waals surface area contributed by atoms with Gasteiger partial charge in [0, 0.05) is 25.7 Å². The molecule has 140 valence electrons. The van der Waals surface area contributed by atoms with Crippen molar-refractivity contribution in [3.05, 3.63) is 23.8 Å². The summed E-state index contributed by atoms with van der Waals surface area (Å²) in [6.07, 6.45) is 3.39. The molecule has 3 aliphatic heterocycles. The number of benzene rings is 1. The smallest absolute Gasteiger partial charge is 0.295 e. The number of nitrogens with zero attached hydrogens (tertiary/aromatic N) is 2. The molecule has 5 rings (SSSR count). The number of aromatic nitrogens is 1. The highest BCUT2D eigenvalue weighted by atomic mass is 16.4. The number of carbonyl (C=O) groups excluding carboxylic acids is 1. The number of para-hydroxylation sites is 1. The first kappa shape index (κ1) is 17.3. The Hall–Kier alpha value is -2.12. The zero-order valence-electron chi connectivity index (χ0n) is 15.3. The lowest BCUT2D eigenvalue weighted by Gasteiger charge is -2.29. The Morgan fingerprint density at radius 3 is 2.85 bits per heavy atom. The second-order valence-electron chi connectivity index (χ2n) is 7.25. The summed E-state index contributed by atoms with van der Waals surface area (Å²) in [5.41, 5.74) is 1.85. The maximum atomic E-state index is 12.9. The highest BCUT2D eigenvalue weighted by Gasteiger charge is 2.32. The number of hydrogen-bond acceptors (Lipinski definition) is 6. The average Bonchev–Trinajstić information content (AvgIpc) is 2.88. The molecule has 2 bridgehead atoms. The molecule has 1 unspecified atom stereocenters. The van der Waals surface area contributed by atoms with E-state index >= 15 is 0 Å². The molecule has 3 aliphatic rings. The van der Waals surface area contributed by atoms with Crippen LogP contribution >= 0.6 is 0 Å². The quantitative estimate of drug-likeness (QED) is 0.683. The number of piperidine rings is 1. The topological polar surface area (TPSA) is 82.4 Å². The van der Waals surface area contributed by atoms with Gasteiger partial charge in [-0.1, -0.05) is 6.07 Å². The Labute approximate surface area is 153 Å². The van der Waals surface area contributed by atoms with Crippen LogP contribution in [0.1, 0.15) is 29.6 Å². The summed E-state index contributed by atoms with van der Waals surface area (Å²) in [5.74, 6) is 0.545. The highest BCUT2D eigenvalue weighted by Crippen LogP contribution is 2.28. The lowest BCUT2D eigenvalue weighted by atomic mass is 9.90. The Morgan fingerprint density at radius 2 is 2.04 bits per heavy atom. The zero-order chi connectivity index (χ0) is 17.9. The molecule has 1 amide bonds. The van der Waals surface area contributed by atoms with Gasteiger partial charge in [-0.3, -0.25) is 4.79 Å². The second kappa shape index (κ2) is 7.63. The van der Waals surface area contributed by atoms with Crippen LogP contribution in [-0.4, -0.2) is 61.6 Å². The van der Waals surface area contributed by atoms with E-state index in [2.05, 4.69) is 25.8 Å². The van der Waals surface area contributed by atoms with Crippen molar-refractivity contribution >= 4 is 23.0 Å². The van der Waals surface area contributed by atoms with Gasteiger partial charge in [0.15, 0.2) is 5.58 Å². The predicted octanol–water partition coefficient (Wildman–Crippen LogP) is 1.67. The number of hydrogen-bond donors (Lipinski definition) is 3. The maximum absolute atomic E-state index is 12.9. The van der Waals surface area contributed by atoms with Gasteiger partial charge < -0.3 is 25.3 Å². The molecule has 1 aromatic carbocycles. The van der Waals surface area contributed by atoms with Crippen LogP contribution in [0.3, 0.4) is 0 Å². The van der Waals surface area contributed by atoms with Crippen molar-refractivity contribution < 1.29 is 9.21 Å². The third-order valence-corrected chi connectivity index (χ3v) is 5.59. The Kier molecular flexibility index (Phi) is 5.08. The summed E-state index contributed by atoms with van der Waals surface area (Å²) in [7, 11) is 1.90. The molecule has 26 heavy (non-hydrogen) atoms. The van der Waals surface area contributed by atoms with Crippen LogP contribution in [0, 0.1) is 5.92 Å². The van der Waals surface area contributed by atoms with Gasteiger partial charge in [0.2, 0.25) is 0 Å². The van der Waals surface area contributed by atoms with Gasteiger partial charge >= 0.3 is 0 Å². The Bertz CT molecular complexity index is 766. The van der Waals surface area contributed by atoms with E-state index in [0.29, 0.717) is 35.1 Å². The van der Waals surface area contributed by atoms with E-state index in [9.17, 15) is 4.79 Å². The molecule has 1 aromatic heterocycles. The van der Waals surface area contributed by atoms with Crippen LogP contribution in [-0.2, 0) is 0 Å². The molecule has 2 aromatic rings. The van der Waals surface area contributed by atoms with E-state index in [0.717, 1.165) is 32.6 Å². The molecule has 3 fully saturated rings. The van der Waals surface area contributed by atoms with Crippen LogP contribution in [0.5, 0.6) is 0 Å². The lowest BCUT2D eigenvalue weighted by molar-refractivity contribution is 0.0919. The first-order chi connectivity index (χ1) is 12.7. The molecule has 0 aliphatic carbocycles. The standard InChI is InChI=1S/C19H27N5O2/c1-20-8-9-21-19-23-17-14(3-2-4-16(17)26-19)18(25)22-15-7-12-24-10-5-13(15)6-11-24/h2-4,13,15,20H,5-12H2,1H3,(H,21,23)(H,22,25). The normalized spacial score (nSPS) is 25.2. The first-order valence-corrected chi connectivity index (χ1v) is 9.56. The second-order valence-corrected chi connectivity index (χ2v) is 7.25. The van der Waals surface area contributed by atoms with Gasteiger partial charge in [-0.2, -0.15) is 4.98 Å². The molecule has 0 spiro atoms. The van der Waals surface area contributed by atoms with E-state index in [1.165, 1.54) is 12.8 Å². The van der Waals surface area contributed by atoms with Crippen LogP contribution in [0.4, 0.5) is 6.01 Å². The summed E-state index contributed by atoms with van der Waals surface area (Å²) in [6.45, 7) is 4.93. The van der Waals surface area contributed by atoms with Gasteiger partial charge in [0.25, 0.3) is 11.9 Å². The van der Waals surface area contributed by atoms with Crippen LogP contribution in [0.25, 0.3) is 11.1 Å². The molecule has 0 saturated carbocycles. The number of likely N-dealkylation sites (N-methyl/N-ethyl adjacent to an activating group) is 1. The van der Waals surface area contributed by atoms with Crippen molar-refractivity contribution in [1.82, 2.24) is 20.5 Å². The molecule has 4 heterocycles. The van der Waals surface area contributed by atoms with Crippen molar-refractivity contribution in [3.8, 4) is 0 Å². The van der Waals surface area contributed by atoms with Crippen LogP contribution in [0.15, 0.2) is 22.6 Å². The zero-order valence-corrected chi connectivity index (χ0v) is 15.3. The number of oxazole rings is 1. The minimum atomic E-state index is -0.0453. The minimum absolute atomic E-state index is 0.0453. The summed E-state index contributed by atoms with van der Waals surface area (Å²) in [5, 5.41) is 9.48. The van der Waals surface area contributed by atoms with Crippen molar-refractivity contribution in [1.29, 1.82) is 0 Å². The van der Waals surface area contributed by atoms with Crippen LogP contribution in [0.2, 0.25) is 0 Å². The lowest BCUT2D eigenvalue weighted by Crippen LogP contribution is -2.41. The number of carbonyl (C=O) groups is 1. The minimum Gasteiger partial charge on any atom is -0.424 e. The molecular weight excluding hydrogens is 330 g/mol. The summed E-state index contributed by atoms with van der Waals surface area (Å²) < 4.78 is 5.73. The average molecular weight is 357 g/mol. The van der Waals surface area contributed by atoms with Crippen molar-refractivity contribution in [2.75, 3.05) is 45.1 Å². The van der Waals surface area contributed by atoms with E-state index in [1.807, 2.05) is 25.2 Å². The van der Waals surface area contributed by atoms with Gasteiger partial charge in [-0.15, -0.1) is 0 Å². The van der Waals surface area contributed by atoms with Gasteiger partial charge in [-0.05, 0) is 57.5 Å². The SMILES string of the molecule is CNCCNc1nc2c(C(=O)NC3CCN4CCC3CC4)cccc2o1. The molecule has 3 N–H and O–H groups in total. The van der Waals surface area contributed by atoms with E-state index in [4.69, 9.17) is 4.42 Å². The fourth-order valence-corrected chi connectivity index (χ4v) is 4.07. The summed E-state index contributed by atoms with van der Waals surface area (Å²) in [4.78, 5) is 19.9. The maximum Gasteiger partial charge on any atom is 0.295 e. The fraction of sp³-hybridized carbons (Fsp3) is 0.579. The van der Waals surface area contributed by atoms with Crippen molar-refractivity contribution in [3.63, 3.8) is 0 Å². The van der Waals surface area contributed by atoms with E-state index < -0.39 is 0 Å². The molecule has 0 radical (unpaired) electrons. The van der Waals surface area contributed by atoms with Crippen LogP contribution < -0.4 is 16.0 Å². The predicted molar refractivity (Wildman–Crippen MR) is 101 cm³/mol. The van der Waals surface area contributed by atoms with Gasteiger partial charge in [-0.25, -0.2) is 0 Å². The Morgan fingerprint density at radius 1 is 1.23 bits per heavy atom. The summed E-state index contributed by atoms with van der Waals surface area (Å²) in [6, 6.07) is 6.24. The molecule has 7 heteroatoms. The van der Waals surface area contributed by atoms with Crippen molar-refractivity contribution in [2.45, 2.75) is 25.3 Å². The molecular formula is C19H27N5O2.